The summed E-state index contributed by atoms with van der Waals surface area (Å²) in [5, 5.41) is 6.37. The minimum Gasteiger partial charge on any atom is -0.352 e. The van der Waals surface area contributed by atoms with E-state index in [1.807, 2.05) is 6.07 Å². The number of hydrogen-bond acceptors (Lipinski definition) is 2. The lowest BCUT2D eigenvalue weighted by atomic mass is 9.80. The summed E-state index contributed by atoms with van der Waals surface area (Å²) in [7, 11) is 0. The Hall–Kier alpha value is -1.35. The molecular weight excluding hydrogens is 224 g/mol. The molecule has 1 aromatic carbocycles. The largest absolute Gasteiger partial charge is 0.352 e. The number of carbonyl (C=O) groups excluding carboxylic acids is 1. The van der Waals surface area contributed by atoms with Gasteiger partial charge in [0.1, 0.15) is 0 Å². The highest BCUT2D eigenvalue weighted by atomic mass is 16.2. The topological polar surface area (TPSA) is 41.1 Å². The Labute approximate surface area is 109 Å². The van der Waals surface area contributed by atoms with Gasteiger partial charge in [0.25, 0.3) is 0 Å². The first-order valence-corrected chi connectivity index (χ1v) is 6.65. The molecule has 3 heteroatoms. The van der Waals surface area contributed by atoms with Crippen LogP contribution in [0.1, 0.15) is 30.9 Å². The van der Waals surface area contributed by atoms with Gasteiger partial charge in [-0.2, -0.15) is 0 Å². The van der Waals surface area contributed by atoms with Crippen LogP contribution in [0.25, 0.3) is 0 Å². The predicted molar refractivity (Wildman–Crippen MR) is 73.2 cm³/mol. The molecule has 1 amide bonds. The van der Waals surface area contributed by atoms with Crippen LogP contribution in [-0.4, -0.2) is 19.0 Å². The van der Waals surface area contributed by atoms with Crippen molar-refractivity contribution in [1.82, 2.24) is 10.6 Å². The van der Waals surface area contributed by atoms with Crippen LogP contribution in [0.5, 0.6) is 0 Å². The Balaban J connectivity index is 1.91. The summed E-state index contributed by atoms with van der Waals surface area (Å²) in [6.45, 7) is 6.64. The van der Waals surface area contributed by atoms with Crippen LogP contribution in [0.15, 0.2) is 24.3 Å². The second-order valence-corrected chi connectivity index (χ2v) is 5.48. The van der Waals surface area contributed by atoms with E-state index in [9.17, 15) is 4.79 Å². The summed E-state index contributed by atoms with van der Waals surface area (Å²) < 4.78 is 0. The highest BCUT2D eigenvalue weighted by Gasteiger charge is 2.34. The van der Waals surface area contributed by atoms with Crippen molar-refractivity contribution in [3.05, 3.63) is 35.4 Å². The van der Waals surface area contributed by atoms with Crippen LogP contribution in [-0.2, 0) is 11.3 Å². The fourth-order valence-electron chi connectivity index (χ4n) is 2.42. The van der Waals surface area contributed by atoms with Crippen molar-refractivity contribution >= 4 is 5.91 Å². The SMILES string of the molecule is Cc1cccc(CNC(=O)C2(C)CCNCC2)c1. The summed E-state index contributed by atoms with van der Waals surface area (Å²) in [6.07, 6.45) is 1.85. The molecule has 98 valence electrons. The van der Waals surface area contributed by atoms with Crippen molar-refractivity contribution in [2.75, 3.05) is 13.1 Å². The maximum absolute atomic E-state index is 12.2. The van der Waals surface area contributed by atoms with E-state index in [4.69, 9.17) is 0 Å². The van der Waals surface area contributed by atoms with Crippen LogP contribution in [0, 0.1) is 12.3 Å². The van der Waals surface area contributed by atoms with Gasteiger partial charge in [-0.3, -0.25) is 4.79 Å². The van der Waals surface area contributed by atoms with Gasteiger partial charge >= 0.3 is 0 Å². The van der Waals surface area contributed by atoms with E-state index in [-0.39, 0.29) is 11.3 Å². The van der Waals surface area contributed by atoms with Gasteiger partial charge in [-0.15, -0.1) is 0 Å². The quantitative estimate of drug-likeness (QED) is 0.856. The number of aryl methyl sites for hydroxylation is 1. The van der Waals surface area contributed by atoms with Gasteiger partial charge in [-0.25, -0.2) is 0 Å². The zero-order valence-corrected chi connectivity index (χ0v) is 11.3. The van der Waals surface area contributed by atoms with Gasteiger partial charge in [0.15, 0.2) is 0 Å². The molecule has 0 radical (unpaired) electrons. The number of carbonyl (C=O) groups is 1. The number of rotatable bonds is 3. The van der Waals surface area contributed by atoms with Gasteiger partial charge < -0.3 is 10.6 Å². The van der Waals surface area contributed by atoms with E-state index in [1.165, 1.54) is 11.1 Å². The first-order chi connectivity index (χ1) is 8.60. The lowest BCUT2D eigenvalue weighted by Crippen LogP contribution is -2.45. The predicted octanol–water partition coefficient (Wildman–Crippen LogP) is 2.00. The molecule has 1 aromatic rings. The van der Waals surface area contributed by atoms with Crippen LogP contribution < -0.4 is 10.6 Å². The van der Waals surface area contributed by atoms with Gasteiger partial charge in [0.05, 0.1) is 0 Å². The molecule has 0 saturated carbocycles. The van der Waals surface area contributed by atoms with E-state index in [0.29, 0.717) is 6.54 Å². The van der Waals surface area contributed by atoms with E-state index in [0.717, 1.165) is 25.9 Å². The minimum absolute atomic E-state index is 0.186. The fraction of sp³-hybridized carbons (Fsp3) is 0.533. The molecule has 0 aromatic heterocycles. The lowest BCUT2D eigenvalue weighted by Gasteiger charge is -2.32. The van der Waals surface area contributed by atoms with Crippen LogP contribution in [0.2, 0.25) is 0 Å². The van der Waals surface area contributed by atoms with Crippen molar-refractivity contribution in [1.29, 1.82) is 0 Å². The fourth-order valence-corrected chi connectivity index (χ4v) is 2.42. The third-order valence-electron chi connectivity index (χ3n) is 3.79. The Morgan fingerprint density at radius 3 is 2.78 bits per heavy atom. The van der Waals surface area contributed by atoms with Crippen LogP contribution in [0.4, 0.5) is 0 Å². The first-order valence-electron chi connectivity index (χ1n) is 6.65. The third kappa shape index (κ3) is 3.10. The molecule has 0 bridgehead atoms. The average molecular weight is 246 g/mol. The number of amides is 1. The highest BCUT2D eigenvalue weighted by Crippen LogP contribution is 2.28. The van der Waals surface area contributed by atoms with E-state index in [2.05, 4.69) is 42.7 Å². The normalized spacial score (nSPS) is 18.3. The maximum Gasteiger partial charge on any atom is 0.226 e. The van der Waals surface area contributed by atoms with Crippen molar-refractivity contribution in [2.24, 2.45) is 5.41 Å². The number of nitrogens with one attached hydrogen (secondary N) is 2. The monoisotopic (exact) mass is 246 g/mol. The van der Waals surface area contributed by atoms with Crippen molar-refractivity contribution < 1.29 is 4.79 Å². The Bertz CT molecular complexity index is 422. The Morgan fingerprint density at radius 2 is 2.11 bits per heavy atom. The minimum atomic E-state index is -0.199. The molecule has 3 nitrogen and oxygen atoms in total. The zero-order chi connectivity index (χ0) is 13.0. The zero-order valence-electron chi connectivity index (χ0n) is 11.3. The molecule has 2 N–H and O–H groups in total. The van der Waals surface area contributed by atoms with Crippen molar-refractivity contribution in [2.45, 2.75) is 33.2 Å². The summed E-state index contributed by atoms with van der Waals surface area (Å²) in [5.74, 6) is 0.186. The van der Waals surface area contributed by atoms with Crippen molar-refractivity contribution in [3.8, 4) is 0 Å². The van der Waals surface area contributed by atoms with E-state index < -0.39 is 0 Å². The Kier molecular flexibility index (Phi) is 4.02. The number of benzene rings is 1. The van der Waals surface area contributed by atoms with E-state index in [1.54, 1.807) is 0 Å². The molecule has 0 spiro atoms. The van der Waals surface area contributed by atoms with Gasteiger partial charge in [0.2, 0.25) is 5.91 Å². The molecule has 1 aliphatic heterocycles. The first kappa shape index (κ1) is 13.1. The number of piperidine rings is 1. The van der Waals surface area contributed by atoms with Gasteiger partial charge in [-0.05, 0) is 38.4 Å². The number of hydrogen-bond donors (Lipinski definition) is 2. The smallest absolute Gasteiger partial charge is 0.226 e. The molecule has 1 aliphatic rings. The summed E-state index contributed by atoms with van der Waals surface area (Å²) in [5.41, 5.74) is 2.20. The molecule has 1 saturated heterocycles. The highest BCUT2D eigenvalue weighted by molar-refractivity contribution is 5.82. The van der Waals surface area contributed by atoms with Crippen LogP contribution in [0.3, 0.4) is 0 Å². The molecule has 1 fully saturated rings. The molecule has 0 atom stereocenters. The average Bonchev–Trinajstić information content (AvgIpc) is 2.37. The summed E-state index contributed by atoms with van der Waals surface area (Å²) in [6, 6.07) is 8.27. The molecular formula is C15H22N2O. The third-order valence-corrected chi connectivity index (χ3v) is 3.79. The second kappa shape index (κ2) is 5.53. The van der Waals surface area contributed by atoms with E-state index >= 15 is 0 Å². The summed E-state index contributed by atoms with van der Waals surface area (Å²) in [4.78, 5) is 12.2. The second-order valence-electron chi connectivity index (χ2n) is 5.48. The Morgan fingerprint density at radius 1 is 1.39 bits per heavy atom. The maximum atomic E-state index is 12.2. The van der Waals surface area contributed by atoms with Gasteiger partial charge in [0, 0.05) is 12.0 Å². The van der Waals surface area contributed by atoms with Gasteiger partial charge in [-0.1, -0.05) is 36.8 Å². The molecule has 1 heterocycles. The summed E-state index contributed by atoms with van der Waals surface area (Å²) >= 11 is 0. The van der Waals surface area contributed by atoms with Crippen molar-refractivity contribution in [3.63, 3.8) is 0 Å². The molecule has 0 unspecified atom stereocenters. The molecule has 2 rings (SSSR count). The molecule has 0 aliphatic carbocycles. The standard InChI is InChI=1S/C15H22N2O/c1-12-4-3-5-13(10-12)11-17-14(18)15(2)6-8-16-9-7-15/h3-5,10,16H,6-9,11H2,1-2H3,(H,17,18). The van der Waals surface area contributed by atoms with Crippen LogP contribution >= 0.6 is 0 Å². The molecule has 18 heavy (non-hydrogen) atoms. The lowest BCUT2D eigenvalue weighted by molar-refractivity contribution is -0.131.